The van der Waals surface area contributed by atoms with Gasteiger partial charge < -0.3 is 14.9 Å². The second-order valence-electron chi connectivity index (χ2n) is 4.75. The lowest BCUT2D eigenvalue weighted by atomic mass is 10.0. The summed E-state index contributed by atoms with van der Waals surface area (Å²) in [4.78, 5) is 4.30. The molecule has 0 amide bonds. The van der Waals surface area contributed by atoms with Gasteiger partial charge in [0, 0.05) is 12.1 Å². The Kier molecular flexibility index (Phi) is 2.65. The van der Waals surface area contributed by atoms with Crippen molar-refractivity contribution in [2.75, 3.05) is 13.1 Å². The molecule has 5 heteroatoms. The Hall–Kier alpha value is -1.72. The molecule has 0 bridgehead atoms. The minimum absolute atomic E-state index is 0.295. The third kappa shape index (κ3) is 1.91. The summed E-state index contributed by atoms with van der Waals surface area (Å²) < 4.78 is 5.19. The van der Waals surface area contributed by atoms with Crippen LogP contribution in [0.4, 0.5) is 0 Å². The molecule has 1 aliphatic rings. The molecule has 94 valence electrons. The molecule has 18 heavy (non-hydrogen) atoms. The summed E-state index contributed by atoms with van der Waals surface area (Å²) in [5.41, 5.74) is 1.06. The van der Waals surface area contributed by atoms with Crippen LogP contribution in [-0.4, -0.2) is 28.3 Å². The van der Waals surface area contributed by atoms with Gasteiger partial charge in [-0.3, -0.25) is 0 Å². The zero-order valence-corrected chi connectivity index (χ0v) is 10.2. The van der Waals surface area contributed by atoms with E-state index in [1.165, 1.54) is 5.56 Å². The molecule has 2 N–H and O–H groups in total. The van der Waals surface area contributed by atoms with Crippen LogP contribution in [0.3, 0.4) is 0 Å². The van der Waals surface area contributed by atoms with Gasteiger partial charge in [0.15, 0.2) is 5.60 Å². The van der Waals surface area contributed by atoms with Gasteiger partial charge in [0.1, 0.15) is 0 Å². The van der Waals surface area contributed by atoms with Crippen LogP contribution in [0.15, 0.2) is 28.8 Å². The van der Waals surface area contributed by atoms with E-state index in [-0.39, 0.29) is 0 Å². The van der Waals surface area contributed by atoms with Crippen LogP contribution in [0.1, 0.15) is 17.9 Å². The molecular weight excluding hydrogens is 230 g/mol. The summed E-state index contributed by atoms with van der Waals surface area (Å²) in [7, 11) is 0. The molecule has 1 aromatic carbocycles. The van der Waals surface area contributed by atoms with E-state index < -0.39 is 5.60 Å². The predicted molar refractivity (Wildman–Crippen MR) is 65.9 cm³/mol. The van der Waals surface area contributed by atoms with E-state index in [9.17, 15) is 5.11 Å². The van der Waals surface area contributed by atoms with Gasteiger partial charge in [-0.2, -0.15) is 4.98 Å². The Morgan fingerprint density at radius 3 is 2.78 bits per heavy atom. The highest BCUT2D eigenvalue weighted by Gasteiger charge is 2.38. The zero-order chi connectivity index (χ0) is 12.6. The summed E-state index contributed by atoms with van der Waals surface area (Å²) in [5, 5.41) is 17.3. The fraction of sp³-hybridized carbons (Fsp3) is 0.385. The monoisotopic (exact) mass is 245 g/mol. The van der Waals surface area contributed by atoms with E-state index in [4.69, 9.17) is 4.52 Å². The third-order valence-corrected chi connectivity index (χ3v) is 3.27. The molecule has 1 aliphatic heterocycles. The molecule has 1 aromatic heterocycles. The van der Waals surface area contributed by atoms with Crippen LogP contribution in [0.5, 0.6) is 0 Å². The lowest BCUT2D eigenvalue weighted by molar-refractivity contribution is 0.0243. The molecule has 3 rings (SSSR count). The minimum atomic E-state index is -1.02. The fourth-order valence-corrected chi connectivity index (χ4v) is 2.09. The maximum absolute atomic E-state index is 10.3. The van der Waals surface area contributed by atoms with E-state index in [1.54, 1.807) is 0 Å². The Bertz CT molecular complexity index is 542. The number of nitrogens with one attached hydrogen (secondary N) is 1. The maximum atomic E-state index is 10.3. The van der Waals surface area contributed by atoms with E-state index >= 15 is 0 Å². The lowest BCUT2D eigenvalue weighted by Gasteiger charge is -2.14. The normalized spacial score (nSPS) is 23.4. The number of aliphatic hydroxyl groups is 1. The quantitative estimate of drug-likeness (QED) is 0.832. The molecule has 2 aromatic rings. The average molecular weight is 245 g/mol. The van der Waals surface area contributed by atoms with Crippen molar-refractivity contribution < 1.29 is 9.63 Å². The lowest BCUT2D eigenvalue weighted by Crippen LogP contribution is -2.28. The molecule has 5 nitrogen and oxygen atoms in total. The molecule has 0 spiro atoms. The van der Waals surface area contributed by atoms with Crippen LogP contribution in [0, 0.1) is 6.92 Å². The molecule has 2 heterocycles. The van der Waals surface area contributed by atoms with Gasteiger partial charge in [0.2, 0.25) is 5.82 Å². The fourth-order valence-electron chi connectivity index (χ4n) is 2.09. The molecule has 0 aliphatic carbocycles. The Balaban J connectivity index is 1.91. The maximum Gasteiger partial charge on any atom is 0.260 e. The van der Waals surface area contributed by atoms with Gasteiger partial charge in [0.25, 0.3) is 5.89 Å². The molecule has 0 radical (unpaired) electrons. The Morgan fingerprint density at radius 2 is 2.11 bits per heavy atom. The summed E-state index contributed by atoms with van der Waals surface area (Å²) >= 11 is 0. The first kappa shape index (κ1) is 11.4. The molecule has 1 unspecified atom stereocenters. The van der Waals surface area contributed by atoms with Crippen LogP contribution >= 0.6 is 0 Å². The number of hydrogen-bond donors (Lipinski definition) is 2. The molecular formula is C13H15N3O2. The number of aryl methyl sites for hydroxylation is 1. The van der Waals surface area contributed by atoms with Crippen molar-refractivity contribution in [3.05, 3.63) is 35.7 Å². The zero-order valence-electron chi connectivity index (χ0n) is 10.2. The van der Waals surface area contributed by atoms with Gasteiger partial charge in [-0.1, -0.05) is 35.0 Å². The topological polar surface area (TPSA) is 71.2 Å². The summed E-state index contributed by atoms with van der Waals surface area (Å²) in [6.45, 7) is 3.25. The first-order valence-electron chi connectivity index (χ1n) is 6.02. The van der Waals surface area contributed by atoms with Crippen molar-refractivity contribution in [2.45, 2.75) is 18.9 Å². The number of hydrogen-bond acceptors (Lipinski definition) is 5. The van der Waals surface area contributed by atoms with Crippen molar-refractivity contribution in [1.82, 2.24) is 15.5 Å². The first-order valence-corrected chi connectivity index (χ1v) is 6.02. The van der Waals surface area contributed by atoms with E-state index in [2.05, 4.69) is 15.5 Å². The number of aromatic nitrogens is 2. The van der Waals surface area contributed by atoms with Gasteiger partial charge in [0.05, 0.1) is 0 Å². The Labute approximate surface area is 105 Å². The number of β-amino-alcohol motifs (C(OH)–C–C–N with tert-alkyl or cyclic N) is 1. The smallest absolute Gasteiger partial charge is 0.260 e. The van der Waals surface area contributed by atoms with E-state index in [0.29, 0.717) is 24.7 Å². The summed E-state index contributed by atoms with van der Waals surface area (Å²) in [6.07, 6.45) is 0.600. The van der Waals surface area contributed by atoms with E-state index in [0.717, 1.165) is 12.1 Å². The number of benzene rings is 1. The second-order valence-corrected chi connectivity index (χ2v) is 4.75. The number of nitrogens with zero attached hydrogens (tertiary/aromatic N) is 2. The Morgan fingerprint density at radius 1 is 1.33 bits per heavy atom. The molecule has 1 fully saturated rings. The summed E-state index contributed by atoms with van der Waals surface area (Å²) in [5.74, 6) is 0.813. The van der Waals surface area contributed by atoms with Crippen LogP contribution in [-0.2, 0) is 5.60 Å². The highest BCUT2D eigenvalue weighted by Crippen LogP contribution is 2.28. The van der Waals surface area contributed by atoms with Crippen LogP contribution < -0.4 is 5.32 Å². The minimum Gasteiger partial charge on any atom is -0.379 e. The predicted octanol–water partition coefficient (Wildman–Crippen LogP) is 1.23. The molecule has 1 saturated heterocycles. The highest BCUT2D eigenvalue weighted by molar-refractivity contribution is 5.54. The van der Waals surface area contributed by atoms with Crippen molar-refractivity contribution >= 4 is 0 Å². The largest absolute Gasteiger partial charge is 0.379 e. The van der Waals surface area contributed by atoms with Crippen molar-refractivity contribution in [1.29, 1.82) is 0 Å². The first-order chi connectivity index (χ1) is 8.67. The van der Waals surface area contributed by atoms with Crippen molar-refractivity contribution in [3.8, 4) is 11.4 Å². The summed E-state index contributed by atoms with van der Waals surface area (Å²) in [6, 6.07) is 7.89. The van der Waals surface area contributed by atoms with Crippen LogP contribution in [0.25, 0.3) is 11.4 Å². The second kappa shape index (κ2) is 4.19. The van der Waals surface area contributed by atoms with Gasteiger partial charge in [-0.25, -0.2) is 0 Å². The third-order valence-electron chi connectivity index (χ3n) is 3.27. The van der Waals surface area contributed by atoms with Gasteiger partial charge in [-0.15, -0.1) is 0 Å². The highest BCUT2D eigenvalue weighted by atomic mass is 16.5. The standard InChI is InChI=1S/C13H15N3O2/c1-9-2-4-10(5-3-9)11-15-12(18-16-11)13(17)6-7-14-8-13/h2-5,14,17H,6-8H2,1H3. The van der Waals surface area contributed by atoms with Crippen molar-refractivity contribution in [2.24, 2.45) is 0 Å². The SMILES string of the molecule is Cc1ccc(-c2noc(C3(O)CCNC3)n2)cc1. The van der Waals surface area contributed by atoms with E-state index in [1.807, 2.05) is 31.2 Å². The average Bonchev–Trinajstić information content (AvgIpc) is 2.99. The van der Waals surface area contributed by atoms with Crippen LogP contribution in [0.2, 0.25) is 0 Å². The van der Waals surface area contributed by atoms with Gasteiger partial charge in [-0.05, 0) is 19.9 Å². The molecule has 0 saturated carbocycles. The van der Waals surface area contributed by atoms with Gasteiger partial charge >= 0.3 is 0 Å². The van der Waals surface area contributed by atoms with Crippen molar-refractivity contribution in [3.63, 3.8) is 0 Å². The number of rotatable bonds is 2. The molecule has 1 atom stereocenters.